The van der Waals surface area contributed by atoms with Gasteiger partial charge in [-0.2, -0.15) is 0 Å². The SMILES string of the molecule is COc1cccc2ccc(C=O)c(OC)c12. The van der Waals surface area contributed by atoms with E-state index in [1.54, 1.807) is 20.3 Å². The lowest BCUT2D eigenvalue weighted by Gasteiger charge is -2.11. The Labute approximate surface area is 93.6 Å². The van der Waals surface area contributed by atoms with E-state index in [0.29, 0.717) is 17.1 Å². The summed E-state index contributed by atoms with van der Waals surface area (Å²) in [6, 6.07) is 9.33. The Kier molecular flexibility index (Phi) is 2.77. The molecule has 0 spiro atoms. The topological polar surface area (TPSA) is 35.5 Å². The highest BCUT2D eigenvalue weighted by Crippen LogP contribution is 2.35. The highest BCUT2D eigenvalue weighted by atomic mass is 16.5. The fraction of sp³-hybridized carbons (Fsp3) is 0.154. The van der Waals surface area contributed by atoms with Gasteiger partial charge in [-0.1, -0.05) is 18.2 Å². The Morgan fingerprint density at radius 1 is 1.06 bits per heavy atom. The van der Waals surface area contributed by atoms with Gasteiger partial charge >= 0.3 is 0 Å². The normalized spacial score (nSPS) is 10.1. The molecule has 0 aliphatic carbocycles. The number of rotatable bonds is 3. The summed E-state index contributed by atoms with van der Waals surface area (Å²) < 4.78 is 10.6. The first-order valence-electron chi connectivity index (χ1n) is 4.90. The van der Waals surface area contributed by atoms with Gasteiger partial charge in [-0.25, -0.2) is 0 Å². The Bertz CT molecular complexity index is 532. The van der Waals surface area contributed by atoms with Crippen molar-refractivity contribution in [2.45, 2.75) is 0 Å². The zero-order valence-corrected chi connectivity index (χ0v) is 9.19. The summed E-state index contributed by atoms with van der Waals surface area (Å²) in [4.78, 5) is 10.9. The molecule has 0 unspecified atom stereocenters. The molecule has 0 saturated heterocycles. The van der Waals surface area contributed by atoms with Crippen LogP contribution in [0.25, 0.3) is 10.8 Å². The highest BCUT2D eigenvalue weighted by Gasteiger charge is 2.11. The van der Waals surface area contributed by atoms with Crippen molar-refractivity contribution in [1.29, 1.82) is 0 Å². The summed E-state index contributed by atoms with van der Waals surface area (Å²) in [7, 11) is 3.15. The van der Waals surface area contributed by atoms with Crippen molar-refractivity contribution in [3.05, 3.63) is 35.9 Å². The van der Waals surface area contributed by atoms with Crippen LogP contribution in [0.5, 0.6) is 11.5 Å². The van der Waals surface area contributed by atoms with Gasteiger partial charge in [-0.15, -0.1) is 0 Å². The van der Waals surface area contributed by atoms with E-state index in [4.69, 9.17) is 9.47 Å². The van der Waals surface area contributed by atoms with Crippen molar-refractivity contribution in [3.8, 4) is 11.5 Å². The number of aldehydes is 1. The molecule has 3 nitrogen and oxygen atoms in total. The van der Waals surface area contributed by atoms with Crippen molar-refractivity contribution in [2.75, 3.05) is 14.2 Å². The lowest BCUT2D eigenvalue weighted by molar-refractivity contribution is 0.112. The van der Waals surface area contributed by atoms with Crippen LogP contribution in [0.4, 0.5) is 0 Å². The first-order chi connectivity index (χ1) is 7.81. The van der Waals surface area contributed by atoms with Gasteiger partial charge in [0.15, 0.2) is 6.29 Å². The molecular weight excluding hydrogens is 204 g/mol. The lowest BCUT2D eigenvalue weighted by Crippen LogP contribution is -1.94. The van der Waals surface area contributed by atoms with E-state index >= 15 is 0 Å². The fourth-order valence-corrected chi connectivity index (χ4v) is 1.81. The van der Waals surface area contributed by atoms with Crippen LogP contribution in [0.3, 0.4) is 0 Å². The third-order valence-corrected chi connectivity index (χ3v) is 2.54. The van der Waals surface area contributed by atoms with Gasteiger partial charge in [0.1, 0.15) is 11.5 Å². The smallest absolute Gasteiger partial charge is 0.153 e. The maximum atomic E-state index is 10.9. The van der Waals surface area contributed by atoms with Crippen molar-refractivity contribution < 1.29 is 14.3 Å². The second-order valence-corrected chi connectivity index (χ2v) is 3.36. The number of methoxy groups -OCH3 is 2. The monoisotopic (exact) mass is 216 g/mol. The van der Waals surface area contributed by atoms with Crippen molar-refractivity contribution >= 4 is 17.1 Å². The quantitative estimate of drug-likeness (QED) is 0.740. The number of fused-ring (bicyclic) bond motifs is 1. The highest BCUT2D eigenvalue weighted by molar-refractivity contribution is 5.99. The van der Waals surface area contributed by atoms with Crippen LogP contribution in [0.2, 0.25) is 0 Å². The number of hydrogen-bond donors (Lipinski definition) is 0. The minimum Gasteiger partial charge on any atom is -0.496 e. The number of carbonyl (C=O) groups is 1. The summed E-state index contributed by atoms with van der Waals surface area (Å²) >= 11 is 0. The molecule has 0 heterocycles. The van der Waals surface area contributed by atoms with Crippen LogP contribution in [-0.4, -0.2) is 20.5 Å². The van der Waals surface area contributed by atoms with Gasteiger partial charge in [0, 0.05) is 0 Å². The van der Waals surface area contributed by atoms with Crippen LogP contribution in [0, 0.1) is 0 Å². The summed E-state index contributed by atoms with van der Waals surface area (Å²) in [5, 5.41) is 1.82. The maximum absolute atomic E-state index is 10.9. The average molecular weight is 216 g/mol. The Hall–Kier alpha value is -2.03. The molecule has 0 aliphatic heterocycles. The minimum absolute atomic E-state index is 0.527. The Morgan fingerprint density at radius 3 is 2.50 bits per heavy atom. The van der Waals surface area contributed by atoms with E-state index in [2.05, 4.69) is 0 Å². The van der Waals surface area contributed by atoms with Gasteiger partial charge in [0.2, 0.25) is 0 Å². The molecule has 16 heavy (non-hydrogen) atoms. The number of carbonyl (C=O) groups excluding carboxylic acids is 1. The molecule has 0 fully saturated rings. The first kappa shape index (κ1) is 10.5. The zero-order valence-electron chi connectivity index (χ0n) is 9.19. The Morgan fingerprint density at radius 2 is 1.88 bits per heavy atom. The Balaban J connectivity index is 2.88. The number of hydrogen-bond acceptors (Lipinski definition) is 3. The maximum Gasteiger partial charge on any atom is 0.153 e. The largest absolute Gasteiger partial charge is 0.496 e. The molecule has 2 rings (SSSR count). The van der Waals surface area contributed by atoms with E-state index in [-0.39, 0.29) is 0 Å². The fourth-order valence-electron chi connectivity index (χ4n) is 1.81. The molecule has 0 aliphatic rings. The summed E-state index contributed by atoms with van der Waals surface area (Å²) in [6.07, 6.45) is 0.782. The second-order valence-electron chi connectivity index (χ2n) is 3.36. The molecule has 3 heteroatoms. The van der Waals surface area contributed by atoms with Gasteiger partial charge in [-0.05, 0) is 17.5 Å². The van der Waals surface area contributed by atoms with Crippen LogP contribution >= 0.6 is 0 Å². The van der Waals surface area contributed by atoms with Crippen LogP contribution in [0.15, 0.2) is 30.3 Å². The molecule has 0 saturated carbocycles. The molecule has 0 aromatic heterocycles. The van der Waals surface area contributed by atoms with Gasteiger partial charge < -0.3 is 9.47 Å². The first-order valence-corrected chi connectivity index (χ1v) is 4.90. The average Bonchev–Trinajstić information content (AvgIpc) is 2.36. The van der Waals surface area contributed by atoms with E-state index in [9.17, 15) is 4.79 Å². The van der Waals surface area contributed by atoms with Crippen LogP contribution in [-0.2, 0) is 0 Å². The van der Waals surface area contributed by atoms with Gasteiger partial charge in [-0.3, -0.25) is 4.79 Å². The molecule has 0 bridgehead atoms. The van der Waals surface area contributed by atoms with Crippen molar-refractivity contribution in [2.24, 2.45) is 0 Å². The zero-order chi connectivity index (χ0) is 11.5. The van der Waals surface area contributed by atoms with Crippen molar-refractivity contribution in [3.63, 3.8) is 0 Å². The lowest BCUT2D eigenvalue weighted by atomic mass is 10.0. The molecule has 2 aromatic carbocycles. The summed E-state index contributed by atoms with van der Waals surface area (Å²) in [5.41, 5.74) is 0.527. The molecular formula is C13H12O3. The molecule has 2 aromatic rings. The van der Waals surface area contributed by atoms with E-state index in [1.165, 1.54) is 0 Å². The van der Waals surface area contributed by atoms with Gasteiger partial charge in [0.05, 0.1) is 25.2 Å². The molecule has 0 radical (unpaired) electrons. The van der Waals surface area contributed by atoms with Gasteiger partial charge in [0.25, 0.3) is 0 Å². The molecule has 82 valence electrons. The van der Waals surface area contributed by atoms with E-state index < -0.39 is 0 Å². The third kappa shape index (κ3) is 1.50. The molecule has 0 atom stereocenters. The van der Waals surface area contributed by atoms with E-state index in [0.717, 1.165) is 17.1 Å². The summed E-state index contributed by atoms with van der Waals surface area (Å²) in [5.74, 6) is 1.27. The van der Waals surface area contributed by atoms with Crippen LogP contribution in [0.1, 0.15) is 10.4 Å². The minimum atomic E-state index is 0.527. The second kappa shape index (κ2) is 4.23. The number of ether oxygens (including phenoxy) is 2. The molecule has 0 amide bonds. The molecule has 0 N–H and O–H groups in total. The summed E-state index contributed by atoms with van der Waals surface area (Å²) in [6.45, 7) is 0. The number of benzene rings is 2. The van der Waals surface area contributed by atoms with Crippen LogP contribution < -0.4 is 9.47 Å². The van der Waals surface area contributed by atoms with Crippen molar-refractivity contribution in [1.82, 2.24) is 0 Å². The van der Waals surface area contributed by atoms with E-state index in [1.807, 2.05) is 24.3 Å². The third-order valence-electron chi connectivity index (χ3n) is 2.54. The predicted octanol–water partition coefficient (Wildman–Crippen LogP) is 2.67. The predicted molar refractivity (Wildman–Crippen MR) is 62.4 cm³/mol. The standard InChI is InChI=1S/C13H12O3/c1-15-11-5-3-4-9-6-7-10(8-14)13(16-2)12(9)11/h3-8H,1-2H3.